The van der Waals surface area contributed by atoms with Gasteiger partial charge in [-0.1, -0.05) is 66.7 Å². The van der Waals surface area contributed by atoms with E-state index in [4.69, 9.17) is 4.74 Å². The highest BCUT2D eigenvalue weighted by Crippen LogP contribution is 2.47. The average molecular weight is 540 g/mol. The minimum Gasteiger partial charge on any atom is -0.496 e. The van der Waals surface area contributed by atoms with Gasteiger partial charge in [-0.3, -0.25) is 14.4 Å². The number of hydrogen-bond donors (Lipinski definition) is 2. The van der Waals surface area contributed by atoms with Gasteiger partial charge in [0.05, 0.1) is 24.0 Å². The molecule has 7 nitrogen and oxygen atoms in total. The second kappa shape index (κ2) is 11.9. The van der Waals surface area contributed by atoms with Crippen molar-refractivity contribution in [1.29, 1.82) is 0 Å². The Kier molecular flexibility index (Phi) is 8.19. The quantitative estimate of drug-likeness (QED) is 0.466. The molecule has 2 atom stereocenters. The van der Waals surface area contributed by atoms with Crippen LogP contribution in [-0.4, -0.2) is 55.4 Å². The van der Waals surface area contributed by atoms with Crippen LogP contribution in [0.2, 0.25) is 0 Å². The summed E-state index contributed by atoms with van der Waals surface area (Å²) in [5, 5.41) is 6.18. The standard InChI is InChI=1S/C33H37N3O4/c1-3-34-32(39)33(23-11-5-4-6-12-23)20-17-26(25-13-7-9-15-28(25)33)31(38)36-21-18-24(19-22-36)35-30(37)27-14-8-10-16-29(27)40-2/h4-16,24,26H,3,17-22H2,1-2H3,(H,34,39)(H,35,37)/t26-,33+/m1/s1. The van der Waals surface area contributed by atoms with Gasteiger partial charge in [-0.2, -0.15) is 0 Å². The van der Waals surface area contributed by atoms with Gasteiger partial charge in [-0.15, -0.1) is 0 Å². The highest BCUT2D eigenvalue weighted by atomic mass is 16.5. The predicted octanol–water partition coefficient (Wildman–Crippen LogP) is 4.42. The van der Waals surface area contributed by atoms with Crippen molar-refractivity contribution in [1.82, 2.24) is 15.5 Å². The fourth-order valence-corrected chi connectivity index (χ4v) is 6.36. The minimum absolute atomic E-state index is 0.0106. The van der Waals surface area contributed by atoms with Gasteiger partial charge in [0.15, 0.2) is 0 Å². The topological polar surface area (TPSA) is 87.7 Å². The zero-order valence-electron chi connectivity index (χ0n) is 23.2. The molecule has 40 heavy (non-hydrogen) atoms. The van der Waals surface area contributed by atoms with Crippen LogP contribution < -0.4 is 15.4 Å². The number of rotatable bonds is 7. The number of carbonyl (C=O) groups is 3. The average Bonchev–Trinajstić information content (AvgIpc) is 3.01. The Morgan fingerprint density at radius 1 is 0.900 bits per heavy atom. The van der Waals surface area contributed by atoms with Crippen LogP contribution in [-0.2, 0) is 15.0 Å². The van der Waals surface area contributed by atoms with Crippen LogP contribution >= 0.6 is 0 Å². The molecule has 208 valence electrons. The molecule has 1 saturated heterocycles. The molecule has 0 aromatic heterocycles. The van der Waals surface area contributed by atoms with Crippen LogP contribution in [0.1, 0.15) is 65.6 Å². The van der Waals surface area contributed by atoms with Crippen LogP contribution in [0.5, 0.6) is 5.75 Å². The van der Waals surface area contributed by atoms with Crippen molar-refractivity contribution in [3.05, 3.63) is 101 Å². The maximum Gasteiger partial charge on any atom is 0.255 e. The smallest absolute Gasteiger partial charge is 0.255 e. The minimum atomic E-state index is -0.833. The molecule has 1 aliphatic heterocycles. The molecule has 3 amide bonds. The van der Waals surface area contributed by atoms with E-state index in [9.17, 15) is 14.4 Å². The van der Waals surface area contributed by atoms with Crippen LogP contribution in [0, 0.1) is 0 Å². The van der Waals surface area contributed by atoms with E-state index in [0.717, 1.165) is 16.7 Å². The van der Waals surface area contributed by atoms with Crippen molar-refractivity contribution < 1.29 is 19.1 Å². The molecule has 5 rings (SSSR count). The molecule has 0 spiro atoms. The van der Waals surface area contributed by atoms with Crippen LogP contribution in [0.3, 0.4) is 0 Å². The number of ether oxygens (including phenoxy) is 1. The van der Waals surface area contributed by atoms with Gasteiger partial charge in [-0.05, 0) is 61.4 Å². The monoisotopic (exact) mass is 539 g/mol. The molecule has 3 aromatic rings. The summed E-state index contributed by atoms with van der Waals surface area (Å²) >= 11 is 0. The molecular weight excluding hydrogens is 502 g/mol. The second-order valence-corrected chi connectivity index (χ2v) is 10.6. The summed E-state index contributed by atoms with van der Waals surface area (Å²) in [5.74, 6) is 0.154. The molecule has 3 aromatic carbocycles. The summed E-state index contributed by atoms with van der Waals surface area (Å²) in [6, 6.07) is 25.0. The lowest BCUT2D eigenvalue weighted by molar-refractivity contribution is -0.135. The van der Waals surface area contributed by atoms with Crippen LogP contribution in [0.25, 0.3) is 0 Å². The lowest BCUT2D eigenvalue weighted by Gasteiger charge is -2.42. The Hall–Kier alpha value is -4.13. The zero-order valence-corrected chi connectivity index (χ0v) is 23.2. The van der Waals surface area contributed by atoms with Crippen molar-refractivity contribution in [2.75, 3.05) is 26.7 Å². The number of benzene rings is 3. The number of hydrogen-bond acceptors (Lipinski definition) is 4. The number of fused-ring (bicyclic) bond motifs is 1. The lowest BCUT2D eigenvalue weighted by Crippen LogP contribution is -2.51. The first-order chi connectivity index (χ1) is 19.5. The Morgan fingerprint density at radius 2 is 1.57 bits per heavy atom. The van der Waals surface area contributed by atoms with Crippen molar-refractivity contribution in [3.63, 3.8) is 0 Å². The van der Waals surface area contributed by atoms with Crippen molar-refractivity contribution >= 4 is 17.7 Å². The number of para-hydroxylation sites is 1. The van der Waals surface area contributed by atoms with Gasteiger partial charge in [0.2, 0.25) is 11.8 Å². The number of piperidine rings is 1. The van der Waals surface area contributed by atoms with E-state index in [1.165, 1.54) is 0 Å². The Morgan fingerprint density at radius 3 is 2.30 bits per heavy atom. The highest BCUT2D eigenvalue weighted by molar-refractivity contribution is 5.97. The first kappa shape index (κ1) is 27.4. The number of nitrogens with zero attached hydrogens (tertiary/aromatic N) is 1. The summed E-state index contributed by atoms with van der Waals surface area (Å²) in [6.07, 6.45) is 2.52. The summed E-state index contributed by atoms with van der Waals surface area (Å²) in [5.41, 5.74) is 2.47. The fourth-order valence-electron chi connectivity index (χ4n) is 6.36. The third-order valence-corrected chi connectivity index (χ3v) is 8.39. The van der Waals surface area contributed by atoms with E-state index < -0.39 is 5.41 Å². The molecular formula is C33H37N3O4. The van der Waals surface area contributed by atoms with Crippen molar-refractivity contribution in [2.24, 2.45) is 0 Å². The van der Waals surface area contributed by atoms with Crippen molar-refractivity contribution in [3.8, 4) is 5.75 Å². The van der Waals surface area contributed by atoms with Gasteiger partial charge in [0, 0.05) is 25.7 Å². The number of nitrogens with one attached hydrogen (secondary N) is 2. The molecule has 0 radical (unpaired) electrons. The van der Waals surface area contributed by atoms with E-state index in [0.29, 0.717) is 56.6 Å². The summed E-state index contributed by atoms with van der Waals surface area (Å²) in [4.78, 5) is 42.4. The predicted molar refractivity (Wildman–Crippen MR) is 154 cm³/mol. The van der Waals surface area contributed by atoms with Gasteiger partial charge in [-0.25, -0.2) is 0 Å². The molecule has 0 unspecified atom stereocenters. The van der Waals surface area contributed by atoms with E-state index in [1.807, 2.05) is 78.6 Å². The molecule has 1 fully saturated rings. The molecule has 0 bridgehead atoms. The Balaban J connectivity index is 1.32. The molecule has 7 heteroatoms. The number of carbonyl (C=O) groups excluding carboxylic acids is 3. The zero-order chi connectivity index (χ0) is 28.1. The summed E-state index contributed by atoms with van der Waals surface area (Å²) in [6.45, 7) is 3.63. The molecule has 1 heterocycles. The van der Waals surface area contributed by atoms with E-state index >= 15 is 0 Å². The molecule has 1 aliphatic carbocycles. The van der Waals surface area contributed by atoms with Crippen LogP contribution in [0.4, 0.5) is 0 Å². The normalized spacial score (nSPS) is 20.8. The van der Waals surface area contributed by atoms with Gasteiger partial charge < -0.3 is 20.3 Å². The lowest BCUT2D eigenvalue weighted by atomic mass is 9.62. The fraction of sp³-hybridized carbons (Fsp3) is 0.364. The van der Waals surface area contributed by atoms with E-state index in [-0.39, 0.29) is 29.7 Å². The van der Waals surface area contributed by atoms with Gasteiger partial charge in [0.25, 0.3) is 5.91 Å². The maximum absolute atomic E-state index is 13.9. The van der Waals surface area contributed by atoms with E-state index in [1.54, 1.807) is 19.2 Å². The SMILES string of the molecule is CCNC(=O)[C@]1(c2ccccc2)CC[C@@H](C(=O)N2CCC(NC(=O)c3ccccc3OC)CC2)c2ccccc21. The molecule has 2 N–H and O–H groups in total. The summed E-state index contributed by atoms with van der Waals surface area (Å²) in [7, 11) is 1.56. The summed E-state index contributed by atoms with van der Waals surface area (Å²) < 4.78 is 5.33. The number of likely N-dealkylation sites (tertiary alicyclic amines) is 1. The molecule has 0 saturated carbocycles. The van der Waals surface area contributed by atoms with Crippen molar-refractivity contribution in [2.45, 2.75) is 50.0 Å². The first-order valence-electron chi connectivity index (χ1n) is 14.2. The second-order valence-electron chi connectivity index (χ2n) is 10.6. The number of likely N-dealkylation sites (N-methyl/N-ethyl adjacent to an activating group) is 1. The largest absolute Gasteiger partial charge is 0.496 e. The molecule has 2 aliphatic rings. The van der Waals surface area contributed by atoms with Crippen LogP contribution in [0.15, 0.2) is 78.9 Å². The van der Waals surface area contributed by atoms with Gasteiger partial charge in [0.1, 0.15) is 5.75 Å². The Labute approximate surface area is 235 Å². The van der Waals surface area contributed by atoms with E-state index in [2.05, 4.69) is 10.6 Å². The maximum atomic E-state index is 13.9. The highest BCUT2D eigenvalue weighted by Gasteiger charge is 2.48. The third-order valence-electron chi connectivity index (χ3n) is 8.39. The third kappa shape index (κ3) is 5.08. The Bertz CT molecular complexity index is 1370. The number of methoxy groups -OCH3 is 1. The van der Waals surface area contributed by atoms with Gasteiger partial charge >= 0.3 is 0 Å². The number of amides is 3. The first-order valence-corrected chi connectivity index (χ1v) is 14.2.